The Balaban J connectivity index is 2.70. The van der Waals surface area contributed by atoms with E-state index >= 15 is 0 Å². The maximum Gasteiger partial charge on any atom is 0.263 e. The van der Waals surface area contributed by atoms with Crippen molar-refractivity contribution in [3.05, 3.63) is 30.0 Å². The van der Waals surface area contributed by atoms with Gasteiger partial charge in [0.2, 0.25) is 0 Å². The zero-order valence-electron chi connectivity index (χ0n) is 11.0. The first kappa shape index (κ1) is 15.3. The Morgan fingerprint density at radius 3 is 2.30 bits per heavy atom. The van der Waals surface area contributed by atoms with E-state index < -0.39 is 18.9 Å². The lowest BCUT2D eigenvalue weighted by Crippen LogP contribution is -2.12. The fraction of sp³-hybridized carbons (Fsp3) is 0.333. The minimum absolute atomic E-state index is 0.0447. The van der Waals surface area contributed by atoms with E-state index in [4.69, 9.17) is 10.7 Å². The minimum Gasteiger partial charge on any atom is -0.342 e. The van der Waals surface area contributed by atoms with Crippen LogP contribution in [0.25, 0.3) is 10.9 Å². The molecule has 8 heteroatoms. The number of aromatic nitrogens is 1. The molecule has 0 aliphatic heterocycles. The maximum absolute atomic E-state index is 11.7. The molecule has 0 N–H and O–H groups in total. The Kier molecular flexibility index (Phi) is 3.88. The summed E-state index contributed by atoms with van der Waals surface area (Å²) in [4.78, 5) is 0.0447. The van der Waals surface area contributed by atoms with Gasteiger partial charge in [-0.25, -0.2) is 16.8 Å². The van der Waals surface area contributed by atoms with Crippen LogP contribution in [0.1, 0.15) is 5.69 Å². The largest absolute Gasteiger partial charge is 0.342 e. The lowest BCUT2D eigenvalue weighted by atomic mass is 10.2. The SMILES string of the molecule is Cc1c(S(=O)(=O)Cl)c2ccccc2n1CCS(C)(=O)=O. The van der Waals surface area contributed by atoms with Gasteiger partial charge in [-0.1, -0.05) is 18.2 Å². The van der Waals surface area contributed by atoms with Gasteiger partial charge in [-0.2, -0.15) is 0 Å². The molecule has 0 aliphatic carbocycles. The van der Waals surface area contributed by atoms with E-state index in [-0.39, 0.29) is 17.2 Å². The van der Waals surface area contributed by atoms with Gasteiger partial charge in [0.25, 0.3) is 9.05 Å². The van der Waals surface area contributed by atoms with Crippen LogP contribution in [0.4, 0.5) is 0 Å². The van der Waals surface area contributed by atoms with Crippen LogP contribution < -0.4 is 0 Å². The molecule has 5 nitrogen and oxygen atoms in total. The van der Waals surface area contributed by atoms with Gasteiger partial charge in [0.15, 0.2) is 0 Å². The molecule has 1 aromatic carbocycles. The van der Waals surface area contributed by atoms with Crippen molar-refractivity contribution in [2.75, 3.05) is 12.0 Å². The molecule has 0 amide bonds. The van der Waals surface area contributed by atoms with Crippen molar-refractivity contribution in [1.82, 2.24) is 4.57 Å². The highest BCUT2D eigenvalue weighted by Gasteiger charge is 2.23. The number of rotatable bonds is 4. The minimum atomic E-state index is -3.89. The molecule has 0 spiro atoms. The van der Waals surface area contributed by atoms with Crippen molar-refractivity contribution in [3.63, 3.8) is 0 Å². The summed E-state index contributed by atoms with van der Waals surface area (Å²) in [6.45, 7) is 1.81. The number of para-hydroxylation sites is 1. The van der Waals surface area contributed by atoms with Crippen LogP contribution >= 0.6 is 10.7 Å². The second-order valence-corrected chi connectivity index (χ2v) is 9.41. The van der Waals surface area contributed by atoms with Crippen molar-refractivity contribution in [3.8, 4) is 0 Å². The molecule has 0 radical (unpaired) electrons. The predicted octanol–water partition coefficient (Wildman–Crippen LogP) is 1.92. The van der Waals surface area contributed by atoms with Gasteiger partial charge in [-0.15, -0.1) is 0 Å². The average Bonchev–Trinajstić information content (AvgIpc) is 2.56. The summed E-state index contributed by atoms with van der Waals surface area (Å²) in [5.74, 6) is -0.0612. The van der Waals surface area contributed by atoms with Crippen LogP contribution in [0.15, 0.2) is 29.2 Å². The molecule has 2 rings (SSSR count). The van der Waals surface area contributed by atoms with Gasteiger partial charge in [0.05, 0.1) is 5.75 Å². The van der Waals surface area contributed by atoms with Gasteiger partial charge < -0.3 is 4.57 Å². The highest BCUT2D eigenvalue weighted by Crippen LogP contribution is 2.31. The Bertz CT molecular complexity index is 866. The first-order chi connectivity index (χ1) is 9.11. The number of hydrogen-bond acceptors (Lipinski definition) is 4. The second kappa shape index (κ2) is 5.05. The van der Waals surface area contributed by atoms with E-state index in [0.29, 0.717) is 16.6 Å². The smallest absolute Gasteiger partial charge is 0.263 e. The summed E-state index contributed by atoms with van der Waals surface area (Å²) in [6.07, 6.45) is 1.15. The fourth-order valence-electron chi connectivity index (χ4n) is 2.25. The maximum atomic E-state index is 11.7. The van der Waals surface area contributed by atoms with E-state index in [1.165, 1.54) is 0 Å². The summed E-state index contributed by atoms with van der Waals surface area (Å²) >= 11 is 0. The Morgan fingerprint density at radius 1 is 1.15 bits per heavy atom. The Labute approximate surface area is 122 Å². The highest BCUT2D eigenvalue weighted by atomic mass is 35.7. The summed E-state index contributed by atoms with van der Waals surface area (Å²) in [6, 6.07) is 6.89. The molecular formula is C12H14ClNO4S2. The van der Waals surface area contributed by atoms with E-state index in [0.717, 1.165) is 6.26 Å². The van der Waals surface area contributed by atoms with E-state index in [9.17, 15) is 16.8 Å². The second-order valence-electron chi connectivity index (χ2n) is 4.65. The van der Waals surface area contributed by atoms with E-state index in [2.05, 4.69) is 0 Å². The zero-order valence-corrected chi connectivity index (χ0v) is 13.4. The molecule has 1 heterocycles. The van der Waals surface area contributed by atoms with E-state index in [1.54, 1.807) is 35.8 Å². The van der Waals surface area contributed by atoms with Crippen molar-refractivity contribution in [2.24, 2.45) is 0 Å². The first-order valence-electron chi connectivity index (χ1n) is 5.81. The van der Waals surface area contributed by atoms with Crippen molar-refractivity contribution in [2.45, 2.75) is 18.4 Å². The lowest BCUT2D eigenvalue weighted by Gasteiger charge is -2.07. The summed E-state index contributed by atoms with van der Waals surface area (Å²) in [5.41, 5.74) is 1.11. The molecule has 0 fully saturated rings. The van der Waals surface area contributed by atoms with Crippen LogP contribution in [0, 0.1) is 6.92 Å². The lowest BCUT2D eigenvalue weighted by molar-refractivity contribution is 0.594. The third-order valence-corrected chi connectivity index (χ3v) is 5.49. The van der Waals surface area contributed by atoms with Gasteiger partial charge in [-0.05, 0) is 13.0 Å². The molecule has 0 atom stereocenters. The number of benzene rings is 1. The number of halogens is 1. The van der Waals surface area contributed by atoms with Crippen LogP contribution in [0.2, 0.25) is 0 Å². The topological polar surface area (TPSA) is 73.2 Å². The van der Waals surface area contributed by atoms with Gasteiger partial charge in [0.1, 0.15) is 14.7 Å². The summed E-state index contributed by atoms with van der Waals surface area (Å²) in [7, 11) is -1.54. The van der Waals surface area contributed by atoms with Crippen LogP contribution in [-0.4, -0.2) is 33.4 Å². The third-order valence-electron chi connectivity index (χ3n) is 3.10. The van der Waals surface area contributed by atoms with Crippen LogP contribution in [0.3, 0.4) is 0 Å². The molecule has 0 saturated heterocycles. The van der Waals surface area contributed by atoms with Gasteiger partial charge >= 0.3 is 0 Å². The molecule has 0 bridgehead atoms. The number of nitrogens with zero attached hydrogens (tertiary/aromatic N) is 1. The normalized spacial score (nSPS) is 12.9. The molecule has 2 aromatic rings. The monoisotopic (exact) mass is 335 g/mol. The first-order valence-corrected chi connectivity index (χ1v) is 10.2. The third kappa shape index (κ3) is 2.99. The summed E-state index contributed by atoms with van der Waals surface area (Å²) in [5, 5.41) is 0.508. The molecule has 1 aromatic heterocycles. The number of hydrogen-bond donors (Lipinski definition) is 0. The Morgan fingerprint density at radius 2 is 1.75 bits per heavy atom. The molecule has 0 unspecified atom stereocenters. The molecule has 110 valence electrons. The average molecular weight is 336 g/mol. The predicted molar refractivity (Wildman–Crippen MR) is 79.4 cm³/mol. The number of sulfone groups is 1. The molecule has 20 heavy (non-hydrogen) atoms. The van der Waals surface area contributed by atoms with E-state index in [1.807, 2.05) is 0 Å². The summed E-state index contributed by atoms with van der Waals surface area (Å²) < 4.78 is 47.7. The fourth-order valence-corrected chi connectivity index (χ4v) is 4.25. The standard InChI is InChI=1S/C12H14ClNO4S2/c1-9-12(20(13,17)18)10-5-3-4-6-11(10)14(9)7-8-19(2,15)16/h3-6H,7-8H2,1-2H3. The van der Waals surface area contributed by atoms with Crippen molar-refractivity contribution >= 4 is 40.5 Å². The van der Waals surface area contributed by atoms with Crippen LogP contribution in [0.5, 0.6) is 0 Å². The van der Waals surface area contributed by atoms with Crippen LogP contribution in [-0.2, 0) is 25.4 Å². The van der Waals surface area contributed by atoms with Gasteiger partial charge in [-0.3, -0.25) is 0 Å². The zero-order chi connectivity index (χ0) is 15.1. The van der Waals surface area contributed by atoms with Crippen molar-refractivity contribution in [1.29, 1.82) is 0 Å². The highest BCUT2D eigenvalue weighted by molar-refractivity contribution is 8.14. The quantitative estimate of drug-likeness (QED) is 0.800. The molecule has 0 aliphatic rings. The number of aryl methyl sites for hydroxylation is 1. The van der Waals surface area contributed by atoms with Crippen molar-refractivity contribution < 1.29 is 16.8 Å². The molecule has 0 saturated carbocycles. The number of fused-ring (bicyclic) bond motifs is 1. The van der Waals surface area contributed by atoms with Gasteiger partial charge in [0, 0.05) is 40.1 Å². The Hall–Kier alpha value is -1.05. The molecular weight excluding hydrogens is 322 g/mol.